The summed E-state index contributed by atoms with van der Waals surface area (Å²) < 4.78 is 38.9. The summed E-state index contributed by atoms with van der Waals surface area (Å²) in [7, 11) is 0. The Labute approximate surface area is 127 Å². The van der Waals surface area contributed by atoms with Crippen LogP contribution in [0.3, 0.4) is 0 Å². The lowest BCUT2D eigenvalue weighted by Crippen LogP contribution is -2.08. The van der Waals surface area contributed by atoms with E-state index in [-0.39, 0.29) is 0 Å². The average molecular weight is 306 g/mol. The second-order valence-electron chi connectivity index (χ2n) is 5.72. The van der Waals surface area contributed by atoms with E-state index in [1.54, 1.807) is 24.3 Å². The minimum absolute atomic E-state index is 0.327. The van der Waals surface area contributed by atoms with E-state index in [1.165, 1.54) is 19.3 Å². The van der Waals surface area contributed by atoms with Gasteiger partial charge < -0.3 is 0 Å². The first-order valence-corrected chi connectivity index (χ1v) is 7.55. The summed E-state index contributed by atoms with van der Waals surface area (Å²) >= 11 is 0. The molecule has 116 valence electrons. The molecule has 3 rings (SSSR count). The molecule has 0 amide bonds. The number of aliphatic imine (C=N–C) groups is 1. The van der Waals surface area contributed by atoms with E-state index in [9.17, 15) is 13.2 Å². The van der Waals surface area contributed by atoms with Crippen molar-refractivity contribution in [3.05, 3.63) is 36.0 Å². The van der Waals surface area contributed by atoms with Gasteiger partial charge in [-0.25, -0.2) is 4.98 Å². The molecule has 0 bridgehead atoms. The van der Waals surface area contributed by atoms with E-state index in [1.807, 2.05) is 6.21 Å². The van der Waals surface area contributed by atoms with Gasteiger partial charge in [-0.05, 0) is 30.9 Å². The molecule has 0 N–H and O–H groups in total. The Hall–Kier alpha value is -1.91. The number of hydrogen-bond acceptors (Lipinski definition) is 2. The van der Waals surface area contributed by atoms with Crippen molar-refractivity contribution in [2.24, 2.45) is 10.9 Å². The molecule has 1 saturated carbocycles. The van der Waals surface area contributed by atoms with Gasteiger partial charge in [-0.3, -0.25) is 4.99 Å². The van der Waals surface area contributed by atoms with Crippen LogP contribution in [0.4, 0.5) is 18.9 Å². The van der Waals surface area contributed by atoms with Crippen molar-refractivity contribution >= 4 is 22.8 Å². The summed E-state index contributed by atoms with van der Waals surface area (Å²) in [5.41, 5.74) is -0.210. The fraction of sp³-hybridized carbons (Fsp3) is 0.412. The smallest absolute Gasteiger partial charge is 0.260 e. The summed E-state index contributed by atoms with van der Waals surface area (Å²) in [5.74, 6) is 0.370. The van der Waals surface area contributed by atoms with E-state index >= 15 is 0 Å². The van der Waals surface area contributed by atoms with Crippen molar-refractivity contribution in [2.45, 2.75) is 38.3 Å². The molecule has 1 fully saturated rings. The normalized spacial score (nSPS) is 17.4. The summed E-state index contributed by atoms with van der Waals surface area (Å²) in [6.07, 6.45) is 3.07. The first kappa shape index (κ1) is 15.0. The van der Waals surface area contributed by atoms with Crippen LogP contribution in [0.25, 0.3) is 10.9 Å². The van der Waals surface area contributed by atoms with Crippen LogP contribution in [0.15, 0.2) is 35.3 Å². The Balaban J connectivity index is 2.00. The maximum Gasteiger partial charge on any atom is 0.433 e. The first-order chi connectivity index (χ1) is 10.5. The van der Waals surface area contributed by atoms with Crippen molar-refractivity contribution in [1.82, 2.24) is 4.98 Å². The SMILES string of the molecule is FC(F)(F)c1cc(/N=C/C2CCCCC2)c2ccccc2n1. The summed E-state index contributed by atoms with van der Waals surface area (Å²) in [5, 5.41) is 0.655. The molecule has 2 nitrogen and oxygen atoms in total. The zero-order valence-electron chi connectivity index (χ0n) is 12.1. The number of alkyl halides is 3. The molecule has 0 spiro atoms. The molecule has 0 atom stereocenters. The Morgan fingerprint density at radius 2 is 1.82 bits per heavy atom. The van der Waals surface area contributed by atoms with Gasteiger partial charge in [-0.15, -0.1) is 0 Å². The average Bonchev–Trinajstić information content (AvgIpc) is 2.52. The number of rotatable bonds is 2. The molecule has 1 heterocycles. The van der Waals surface area contributed by atoms with Gasteiger partial charge in [0.05, 0.1) is 11.2 Å². The lowest BCUT2D eigenvalue weighted by atomic mass is 9.90. The maximum absolute atomic E-state index is 13.0. The number of aromatic nitrogens is 1. The van der Waals surface area contributed by atoms with Crippen LogP contribution in [0.5, 0.6) is 0 Å². The molecule has 2 aromatic rings. The van der Waals surface area contributed by atoms with E-state index in [0.717, 1.165) is 18.9 Å². The van der Waals surface area contributed by atoms with E-state index in [0.29, 0.717) is 22.5 Å². The number of halogens is 3. The summed E-state index contributed by atoms with van der Waals surface area (Å²) in [6, 6.07) is 7.86. The second-order valence-corrected chi connectivity index (χ2v) is 5.72. The first-order valence-electron chi connectivity index (χ1n) is 7.55. The number of para-hydroxylation sites is 1. The zero-order valence-corrected chi connectivity index (χ0v) is 12.1. The topological polar surface area (TPSA) is 25.2 Å². The number of nitrogens with zero attached hydrogens (tertiary/aromatic N) is 2. The third kappa shape index (κ3) is 3.29. The number of hydrogen-bond donors (Lipinski definition) is 0. The zero-order chi connectivity index (χ0) is 15.6. The van der Waals surface area contributed by atoms with E-state index in [4.69, 9.17) is 0 Å². The van der Waals surface area contributed by atoms with Gasteiger partial charge >= 0.3 is 6.18 Å². The van der Waals surface area contributed by atoms with Crippen molar-refractivity contribution in [1.29, 1.82) is 0 Å². The van der Waals surface area contributed by atoms with Gasteiger partial charge in [0.25, 0.3) is 0 Å². The van der Waals surface area contributed by atoms with Gasteiger partial charge in [0.15, 0.2) is 0 Å². The van der Waals surface area contributed by atoms with Gasteiger partial charge in [0, 0.05) is 11.6 Å². The van der Waals surface area contributed by atoms with Crippen LogP contribution >= 0.6 is 0 Å². The fourth-order valence-corrected chi connectivity index (χ4v) is 2.88. The number of benzene rings is 1. The van der Waals surface area contributed by atoms with Crippen molar-refractivity contribution in [3.8, 4) is 0 Å². The molecule has 1 aromatic heterocycles. The minimum atomic E-state index is -4.46. The lowest BCUT2D eigenvalue weighted by Gasteiger charge is -2.17. The predicted molar refractivity (Wildman–Crippen MR) is 81.5 cm³/mol. The molecule has 0 saturated heterocycles. The standard InChI is InChI=1S/C17H17F3N2/c18-17(19,20)16-10-15(13-8-4-5-9-14(13)22-16)21-11-12-6-2-1-3-7-12/h4-5,8-12H,1-3,6-7H2/b21-11+. The Kier molecular flexibility index (Phi) is 4.14. The van der Waals surface area contributed by atoms with Gasteiger partial charge in [0.1, 0.15) is 5.69 Å². The fourth-order valence-electron chi connectivity index (χ4n) is 2.88. The molecular formula is C17H17F3N2. The van der Waals surface area contributed by atoms with Gasteiger partial charge in [-0.2, -0.15) is 13.2 Å². The largest absolute Gasteiger partial charge is 0.433 e. The molecule has 1 aliphatic rings. The molecule has 0 unspecified atom stereocenters. The number of pyridine rings is 1. The lowest BCUT2D eigenvalue weighted by molar-refractivity contribution is -0.140. The highest BCUT2D eigenvalue weighted by atomic mass is 19.4. The molecule has 0 radical (unpaired) electrons. The van der Waals surface area contributed by atoms with Crippen molar-refractivity contribution in [3.63, 3.8) is 0 Å². The van der Waals surface area contributed by atoms with Crippen molar-refractivity contribution in [2.75, 3.05) is 0 Å². The molecule has 1 aromatic carbocycles. The summed E-state index contributed by atoms with van der Waals surface area (Å²) in [4.78, 5) is 8.07. The highest BCUT2D eigenvalue weighted by Crippen LogP contribution is 2.34. The number of fused-ring (bicyclic) bond motifs is 1. The highest BCUT2D eigenvalue weighted by molar-refractivity contribution is 5.91. The maximum atomic E-state index is 13.0. The third-order valence-corrected chi connectivity index (χ3v) is 4.06. The Bertz CT molecular complexity index is 686. The van der Waals surface area contributed by atoms with Crippen LogP contribution in [-0.2, 0) is 6.18 Å². The molecule has 1 aliphatic carbocycles. The van der Waals surface area contributed by atoms with E-state index < -0.39 is 11.9 Å². The third-order valence-electron chi connectivity index (χ3n) is 4.06. The quantitative estimate of drug-likeness (QED) is 0.669. The Morgan fingerprint density at radius 3 is 2.55 bits per heavy atom. The minimum Gasteiger partial charge on any atom is -0.260 e. The molecule has 22 heavy (non-hydrogen) atoms. The molecular weight excluding hydrogens is 289 g/mol. The van der Waals surface area contributed by atoms with Crippen LogP contribution in [0.1, 0.15) is 37.8 Å². The highest BCUT2D eigenvalue weighted by Gasteiger charge is 2.33. The molecule has 0 aliphatic heterocycles. The van der Waals surface area contributed by atoms with Crippen LogP contribution in [-0.4, -0.2) is 11.2 Å². The summed E-state index contributed by atoms with van der Waals surface area (Å²) in [6.45, 7) is 0. The van der Waals surface area contributed by atoms with E-state index in [2.05, 4.69) is 9.98 Å². The Morgan fingerprint density at radius 1 is 1.09 bits per heavy atom. The van der Waals surface area contributed by atoms with Crippen LogP contribution in [0, 0.1) is 5.92 Å². The van der Waals surface area contributed by atoms with Crippen molar-refractivity contribution < 1.29 is 13.2 Å². The predicted octanol–water partition coefficient (Wildman–Crippen LogP) is 5.54. The monoisotopic (exact) mass is 306 g/mol. The van der Waals surface area contributed by atoms with Crippen LogP contribution < -0.4 is 0 Å². The van der Waals surface area contributed by atoms with Gasteiger partial charge in [0.2, 0.25) is 0 Å². The second kappa shape index (κ2) is 6.07. The van der Waals surface area contributed by atoms with Crippen LogP contribution in [0.2, 0.25) is 0 Å². The molecule has 5 heteroatoms. The van der Waals surface area contributed by atoms with Gasteiger partial charge in [-0.1, -0.05) is 37.5 Å².